The van der Waals surface area contributed by atoms with Gasteiger partial charge >= 0.3 is 0 Å². The number of aromatic nitrogens is 3. The lowest BCUT2D eigenvalue weighted by atomic mass is 10.4. The minimum Gasteiger partial charge on any atom is -0.285 e. The Morgan fingerprint density at radius 3 is 2.55 bits per heavy atom. The monoisotopic (exact) mass is 288 g/mol. The van der Waals surface area contributed by atoms with Gasteiger partial charge in [0.1, 0.15) is 0 Å². The van der Waals surface area contributed by atoms with E-state index in [2.05, 4.69) is 14.9 Å². The van der Waals surface area contributed by atoms with Crippen molar-refractivity contribution in [3.05, 3.63) is 60.6 Å². The number of rotatable bonds is 4. The number of fused-ring (bicyclic) bond motifs is 1. The van der Waals surface area contributed by atoms with E-state index in [1.54, 1.807) is 40.9 Å². The summed E-state index contributed by atoms with van der Waals surface area (Å²) in [6, 6.07) is 13.7. The molecule has 0 fully saturated rings. The third kappa shape index (κ3) is 2.40. The average molecular weight is 288 g/mol. The molecule has 0 saturated carbocycles. The quantitative estimate of drug-likeness (QED) is 0.783. The number of benzene rings is 1. The van der Waals surface area contributed by atoms with Gasteiger partial charge in [0, 0.05) is 6.20 Å². The molecule has 0 aliphatic rings. The molecule has 0 spiro atoms. The van der Waals surface area contributed by atoms with E-state index in [0.29, 0.717) is 11.5 Å². The lowest BCUT2D eigenvalue weighted by Crippen LogP contribution is -2.24. The molecular weight excluding hydrogens is 276 g/mol. The van der Waals surface area contributed by atoms with Crippen molar-refractivity contribution in [3.8, 4) is 0 Å². The number of nitrogens with zero attached hydrogens (tertiary/aromatic N) is 3. The Morgan fingerprint density at radius 1 is 1.00 bits per heavy atom. The predicted octanol–water partition coefficient (Wildman–Crippen LogP) is 1.21. The summed E-state index contributed by atoms with van der Waals surface area (Å²) in [4.78, 5) is 0.230. The topological polar surface area (TPSA) is 76.4 Å². The van der Waals surface area contributed by atoms with E-state index in [9.17, 15) is 8.42 Å². The third-order valence-electron chi connectivity index (χ3n) is 2.86. The number of hydrogen-bond donors (Lipinski definition) is 1. The maximum absolute atomic E-state index is 12.1. The molecule has 2 aromatic heterocycles. The molecule has 7 heteroatoms. The minimum atomic E-state index is -3.54. The van der Waals surface area contributed by atoms with Gasteiger partial charge in [-0.25, -0.2) is 13.1 Å². The SMILES string of the molecule is O=S(=O)(NCc1nnc2ccccn12)c1ccccc1. The van der Waals surface area contributed by atoms with Gasteiger partial charge in [0.05, 0.1) is 11.4 Å². The smallest absolute Gasteiger partial charge is 0.240 e. The first-order valence-electron chi connectivity index (χ1n) is 6.00. The second-order valence-electron chi connectivity index (χ2n) is 4.18. The first kappa shape index (κ1) is 12.8. The van der Waals surface area contributed by atoms with Gasteiger partial charge in [-0.1, -0.05) is 24.3 Å². The Kier molecular flexibility index (Phi) is 3.21. The molecule has 0 bridgehead atoms. The van der Waals surface area contributed by atoms with E-state index in [1.807, 2.05) is 18.2 Å². The summed E-state index contributed by atoms with van der Waals surface area (Å²) in [5.74, 6) is 0.542. The van der Waals surface area contributed by atoms with Crippen LogP contribution < -0.4 is 4.72 Å². The Labute approximate surface area is 116 Å². The first-order valence-corrected chi connectivity index (χ1v) is 7.48. The molecule has 3 rings (SSSR count). The number of pyridine rings is 1. The van der Waals surface area contributed by atoms with Crippen molar-refractivity contribution in [1.82, 2.24) is 19.3 Å². The van der Waals surface area contributed by atoms with Gasteiger partial charge in [-0.05, 0) is 24.3 Å². The summed E-state index contributed by atoms with van der Waals surface area (Å²) >= 11 is 0. The minimum absolute atomic E-state index is 0.0857. The molecule has 20 heavy (non-hydrogen) atoms. The van der Waals surface area contributed by atoms with Gasteiger partial charge in [0.25, 0.3) is 0 Å². The van der Waals surface area contributed by atoms with Crippen LogP contribution in [0.2, 0.25) is 0 Å². The Hall–Kier alpha value is -2.25. The zero-order valence-electron chi connectivity index (χ0n) is 10.5. The van der Waals surface area contributed by atoms with Crippen LogP contribution in [0.3, 0.4) is 0 Å². The van der Waals surface area contributed by atoms with Crippen molar-refractivity contribution in [2.75, 3.05) is 0 Å². The zero-order valence-corrected chi connectivity index (χ0v) is 11.3. The molecule has 1 N–H and O–H groups in total. The zero-order chi connectivity index (χ0) is 14.0. The highest BCUT2D eigenvalue weighted by molar-refractivity contribution is 7.89. The molecule has 0 radical (unpaired) electrons. The highest BCUT2D eigenvalue weighted by Crippen LogP contribution is 2.08. The average Bonchev–Trinajstić information content (AvgIpc) is 2.89. The fraction of sp³-hybridized carbons (Fsp3) is 0.0769. The Bertz CT molecular complexity index is 828. The molecule has 6 nitrogen and oxygen atoms in total. The van der Waals surface area contributed by atoms with Crippen molar-refractivity contribution >= 4 is 15.7 Å². The number of sulfonamides is 1. The summed E-state index contributed by atoms with van der Waals surface area (Å²) in [6.07, 6.45) is 1.79. The van der Waals surface area contributed by atoms with Crippen LogP contribution in [0.25, 0.3) is 5.65 Å². The summed E-state index contributed by atoms with van der Waals surface area (Å²) < 4.78 is 28.5. The largest absolute Gasteiger partial charge is 0.285 e. The van der Waals surface area contributed by atoms with Crippen LogP contribution in [0.4, 0.5) is 0 Å². The molecule has 0 unspecified atom stereocenters. The van der Waals surface area contributed by atoms with Crippen molar-refractivity contribution in [2.24, 2.45) is 0 Å². The van der Waals surface area contributed by atoms with Crippen LogP contribution in [0.1, 0.15) is 5.82 Å². The maximum atomic E-state index is 12.1. The molecule has 0 amide bonds. The van der Waals surface area contributed by atoms with Gasteiger partial charge in [-0.15, -0.1) is 10.2 Å². The summed E-state index contributed by atoms with van der Waals surface area (Å²) in [5.41, 5.74) is 0.682. The van der Waals surface area contributed by atoms with Crippen molar-refractivity contribution in [2.45, 2.75) is 11.4 Å². The summed E-state index contributed by atoms with van der Waals surface area (Å²) in [6.45, 7) is 0.0857. The van der Waals surface area contributed by atoms with Gasteiger partial charge < -0.3 is 0 Å². The van der Waals surface area contributed by atoms with Crippen LogP contribution in [-0.4, -0.2) is 23.0 Å². The highest BCUT2D eigenvalue weighted by Gasteiger charge is 2.14. The second kappa shape index (κ2) is 5.03. The van der Waals surface area contributed by atoms with E-state index in [-0.39, 0.29) is 11.4 Å². The molecule has 0 aliphatic heterocycles. The lowest BCUT2D eigenvalue weighted by Gasteiger charge is -2.05. The van der Waals surface area contributed by atoms with Crippen LogP contribution in [0.15, 0.2) is 59.6 Å². The molecule has 2 heterocycles. The highest BCUT2D eigenvalue weighted by atomic mass is 32.2. The van der Waals surface area contributed by atoms with Crippen LogP contribution in [0, 0.1) is 0 Å². The molecule has 0 saturated heterocycles. The lowest BCUT2D eigenvalue weighted by molar-refractivity contribution is 0.579. The van der Waals surface area contributed by atoms with E-state index < -0.39 is 10.0 Å². The standard InChI is InChI=1S/C13H12N4O2S/c18-20(19,11-6-2-1-3-7-11)14-10-13-16-15-12-8-4-5-9-17(12)13/h1-9,14H,10H2. The molecule has 102 valence electrons. The molecule has 0 aliphatic carbocycles. The summed E-state index contributed by atoms with van der Waals surface area (Å²) in [7, 11) is -3.54. The van der Waals surface area contributed by atoms with Gasteiger partial charge in [0.2, 0.25) is 10.0 Å². The van der Waals surface area contributed by atoms with Gasteiger partial charge in [0.15, 0.2) is 11.5 Å². The van der Waals surface area contributed by atoms with Crippen molar-refractivity contribution < 1.29 is 8.42 Å². The van der Waals surface area contributed by atoms with Gasteiger partial charge in [-0.2, -0.15) is 0 Å². The fourth-order valence-electron chi connectivity index (χ4n) is 1.85. The fourth-order valence-corrected chi connectivity index (χ4v) is 2.86. The first-order chi connectivity index (χ1) is 9.67. The van der Waals surface area contributed by atoms with Crippen molar-refractivity contribution in [1.29, 1.82) is 0 Å². The van der Waals surface area contributed by atoms with E-state index in [4.69, 9.17) is 0 Å². The van der Waals surface area contributed by atoms with Gasteiger partial charge in [-0.3, -0.25) is 4.40 Å². The van der Waals surface area contributed by atoms with Crippen LogP contribution >= 0.6 is 0 Å². The third-order valence-corrected chi connectivity index (χ3v) is 4.28. The molecule has 3 aromatic rings. The molecule has 1 aromatic carbocycles. The van der Waals surface area contributed by atoms with Crippen molar-refractivity contribution in [3.63, 3.8) is 0 Å². The van der Waals surface area contributed by atoms with Crippen LogP contribution in [-0.2, 0) is 16.6 Å². The van der Waals surface area contributed by atoms with E-state index in [1.165, 1.54) is 0 Å². The number of nitrogens with one attached hydrogen (secondary N) is 1. The van der Waals surface area contributed by atoms with E-state index in [0.717, 1.165) is 0 Å². The molecular formula is C13H12N4O2S. The Morgan fingerprint density at radius 2 is 1.75 bits per heavy atom. The normalized spacial score (nSPS) is 11.8. The second-order valence-corrected chi connectivity index (χ2v) is 5.95. The van der Waals surface area contributed by atoms with E-state index >= 15 is 0 Å². The number of hydrogen-bond acceptors (Lipinski definition) is 4. The summed E-state index contributed by atoms with van der Waals surface area (Å²) in [5, 5.41) is 7.95. The Balaban J connectivity index is 1.83. The molecule has 0 atom stereocenters. The maximum Gasteiger partial charge on any atom is 0.240 e. The van der Waals surface area contributed by atoms with Crippen LogP contribution in [0.5, 0.6) is 0 Å². The predicted molar refractivity (Wildman–Crippen MR) is 73.5 cm³/mol.